The van der Waals surface area contributed by atoms with Gasteiger partial charge in [-0.05, 0) is 37.6 Å². The average molecular weight is 176 g/mol. The van der Waals surface area contributed by atoms with Gasteiger partial charge in [-0.1, -0.05) is 12.1 Å². The third-order valence-electron chi connectivity index (χ3n) is 2.48. The lowest BCUT2D eigenvalue weighted by Gasteiger charge is -2.03. The minimum atomic E-state index is 0.597. The summed E-state index contributed by atoms with van der Waals surface area (Å²) in [6.07, 6.45) is 1.16. The van der Waals surface area contributed by atoms with Crippen molar-refractivity contribution in [3.63, 3.8) is 0 Å². The Morgan fingerprint density at radius 1 is 1.54 bits per heavy atom. The van der Waals surface area contributed by atoms with Gasteiger partial charge in [0.1, 0.15) is 0 Å². The molecule has 1 aliphatic rings. The SMILES string of the molecule is CNCc1ccc2c(c1)CC(C)N2. The first-order valence-electron chi connectivity index (χ1n) is 4.82. The van der Waals surface area contributed by atoms with E-state index in [1.807, 2.05) is 7.05 Å². The van der Waals surface area contributed by atoms with Gasteiger partial charge in [-0.3, -0.25) is 0 Å². The highest BCUT2D eigenvalue weighted by molar-refractivity contribution is 5.57. The van der Waals surface area contributed by atoms with E-state index in [-0.39, 0.29) is 0 Å². The van der Waals surface area contributed by atoms with Crippen molar-refractivity contribution in [2.24, 2.45) is 0 Å². The molecule has 70 valence electrons. The lowest BCUT2D eigenvalue weighted by Crippen LogP contribution is -2.08. The minimum absolute atomic E-state index is 0.597. The van der Waals surface area contributed by atoms with Crippen LogP contribution < -0.4 is 10.6 Å². The first kappa shape index (κ1) is 8.57. The summed E-state index contributed by atoms with van der Waals surface area (Å²) in [6.45, 7) is 3.18. The van der Waals surface area contributed by atoms with E-state index in [4.69, 9.17) is 0 Å². The molecule has 0 amide bonds. The van der Waals surface area contributed by atoms with Gasteiger partial charge >= 0.3 is 0 Å². The fourth-order valence-electron chi connectivity index (χ4n) is 1.92. The topological polar surface area (TPSA) is 24.1 Å². The van der Waals surface area contributed by atoms with Crippen molar-refractivity contribution < 1.29 is 0 Å². The Kier molecular flexibility index (Phi) is 2.23. The first-order chi connectivity index (χ1) is 6.29. The first-order valence-corrected chi connectivity index (χ1v) is 4.82. The lowest BCUT2D eigenvalue weighted by atomic mass is 10.1. The number of hydrogen-bond donors (Lipinski definition) is 2. The van der Waals surface area contributed by atoms with Gasteiger partial charge in [0.2, 0.25) is 0 Å². The molecule has 2 nitrogen and oxygen atoms in total. The highest BCUT2D eigenvalue weighted by atomic mass is 14.9. The molecule has 0 bridgehead atoms. The summed E-state index contributed by atoms with van der Waals surface area (Å²) in [5.74, 6) is 0. The Hall–Kier alpha value is -1.02. The van der Waals surface area contributed by atoms with Gasteiger partial charge in [0.25, 0.3) is 0 Å². The van der Waals surface area contributed by atoms with Crippen LogP contribution in [0, 0.1) is 0 Å². The molecule has 1 aromatic carbocycles. The maximum atomic E-state index is 3.45. The third kappa shape index (κ3) is 1.68. The maximum Gasteiger partial charge on any atom is 0.0375 e. The van der Waals surface area contributed by atoms with Crippen LogP contribution in [0.4, 0.5) is 5.69 Å². The zero-order valence-corrected chi connectivity index (χ0v) is 8.22. The zero-order chi connectivity index (χ0) is 9.26. The van der Waals surface area contributed by atoms with E-state index in [0.29, 0.717) is 6.04 Å². The molecule has 1 heterocycles. The molecule has 0 aromatic heterocycles. The summed E-state index contributed by atoms with van der Waals surface area (Å²) in [5, 5.41) is 6.61. The monoisotopic (exact) mass is 176 g/mol. The minimum Gasteiger partial charge on any atom is -0.382 e. The number of anilines is 1. The predicted octanol–water partition coefficient (Wildman–Crippen LogP) is 1.76. The van der Waals surface area contributed by atoms with Crippen molar-refractivity contribution in [2.75, 3.05) is 12.4 Å². The zero-order valence-electron chi connectivity index (χ0n) is 8.22. The van der Waals surface area contributed by atoms with Gasteiger partial charge in [-0.15, -0.1) is 0 Å². The molecule has 13 heavy (non-hydrogen) atoms. The highest BCUT2D eigenvalue weighted by Crippen LogP contribution is 2.26. The summed E-state index contributed by atoms with van der Waals surface area (Å²) in [7, 11) is 1.98. The van der Waals surface area contributed by atoms with E-state index in [0.717, 1.165) is 13.0 Å². The van der Waals surface area contributed by atoms with Gasteiger partial charge < -0.3 is 10.6 Å². The van der Waals surface area contributed by atoms with E-state index in [1.54, 1.807) is 0 Å². The average Bonchev–Trinajstić information content (AvgIpc) is 2.44. The van der Waals surface area contributed by atoms with Crippen LogP contribution in [0.15, 0.2) is 18.2 Å². The van der Waals surface area contributed by atoms with Crippen LogP contribution in [0.1, 0.15) is 18.1 Å². The summed E-state index contributed by atoms with van der Waals surface area (Å²) in [6, 6.07) is 7.26. The molecule has 0 aliphatic carbocycles. The van der Waals surface area contributed by atoms with Crippen molar-refractivity contribution in [3.05, 3.63) is 29.3 Å². The second-order valence-electron chi connectivity index (χ2n) is 3.77. The Labute approximate surface area is 79.4 Å². The maximum absolute atomic E-state index is 3.45. The van der Waals surface area contributed by atoms with Crippen molar-refractivity contribution in [1.29, 1.82) is 0 Å². The Balaban J connectivity index is 2.24. The normalized spacial score (nSPS) is 19.7. The third-order valence-corrected chi connectivity index (χ3v) is 2.48. The molecular weight excluding hydrogens is 160 g/mol. The van der Waals surface area contributed by atoms with Crippen LogP contribution in [0.25, 0.3) is 0 Å². The molecule has 1 aliphatic heterocycles. The van der Waals surface area contributed by atoms with Crippen molar-refractivity contribution >= 4 is 5.69 Å². The molecule has 0 radical (unpaired) electrons. The van der Waals surface area contributed by atoms with Crippen LogP contribution >= 0.6 is 0 Å². The van der Waals surface area contributed by atoms with E-state index in [1.165, 1.54) is 16.8 Å². The fraction of sp³-hybridized carbons (Fsp3) is 0.455. The quantitative estimate of drug-likeness (QED) is 0.717. The van der Waals surface area contributed by atoms with Crippen LogP contribution in [-0.4, -0.2) is 13.1 Å². The van der Waals surface area contributed by atoms with Crippen molar-refractivity contribution in [2.45, 2.75) is 25.9 Å². The predicted molar refractivity (Wildman–Crippen MR) is 56.0 cm³/mol. The largest absolute Gasteiger partial charge is 0.382 e. The molecule has 0 spiro atoms. The lowest BCUT2D eigenvalue weighted by molar-refractivity contribution is 0.812. The van der Waals surface area contributed by atoms with E-state index in [9.17, 15) is 0 Å². The van der Waals surface area contributed by atoms with Crippen LogP contribution in [0.2, 0.25) is 0 Å². The van der Waals surface area contributed by atoms with E-state index < -0.39 is 0 Å². The summed E-state index contributed by atoms with van der Waals surface area (Å²) in [5.41, 5.74) is 4.14. The smallest absolute Gasteiger partial charge is 0.0375 e. The molecule has 0 saturated carbocycles. The standard InChI is InChI=1S/C11H16N2/c1-8-5-10-6-9(7-12-2)3-4-11(10)13-8/h3-4,6,8,12-13H,5,7H2,1-2H3. The summed E-state index contributed by atoms with van der Waals surface area (Å²) in [4.78, 5) is 0. The molecule has 0 fully saturated rings. The van der Waals surface area contributed by atoms with Gasteiger partial charge in [-0.25, -0.2) is 0 Å². The van der Waals surface area contributed by atoms with Gasteiger partial charge in [-0.2, -0.15) is 0 Å². The van der Waals surface area contributed by atoms with Gasteiger partial charge in [0.05, 0.1) is 0 Å². The molecule has 1 unspecified atom stereocenters. The van der Waals surface area contributed by atoms with Crippen molar-refractivity contribution in [1.82, 2.24) is 5.32 Å². The molecule has 1 atom stereocenters. The van der Waals surface area contributed by atoms with Crippen LogP contribution in [-0.2, 0) is 13.0 Å². The Morgan fingerprint density at radius 3 is 3.15 bits per heavy atom. The van der Waals surface area contributed by atoms with Crippen molar-refractivity contribution in [3.8, 4) is 0 Å². The van der Waals surface area contributed by atoms with Gasteiger partial charge in [0.15, 0.2) is 0 Å². The molecule has 0 saturated heterocycles. The number of benzene rings is 1. The Bertz CT molecular complexity index is 307. The van der Waals surface area contributed by atoms with E-state index >= 15 is 0 Å². The van der Waals surface area contributed by atoms with E-state index in [2.05, 4.69) is 35.8 Å². The molecule has 1 aromatic rings. The second kappa shape index (κ2) is 3.38. The van der Waals surface area contributed by atoms with Crippen LogP contribution in [0.5, 0.6) is 0 Å². The summed E-state index contributed by atoms with van der Waals surface area (Å²) < 4.78 is 0. The fourth-order valence-corrected chi connectivity index (χ4v) is 1.92. The summed E-state index contributed by atoms with van der Waals surface area (Å²) >= 11 is 0. The van der Waals surface area contributed by atoms with Gasteiger partial charge in [0, 0.05) is 18.3 Å². The molecule has 2 N–H and O–H groups in total. The number of rotatable bonds is 2. The number of fused-ring (bicyclic) bond motifs is 1. The molecular formula is C11H16N2. The Morgan fingerprint density at radius 2 is 2.38 bits per heavy atom. The number of nitrogens with one attached hydrogen (secondary N) is 2. The molecule has 2 rings (SSSR count). The van der Waals surface area contributed by atoms with Crippen LogP contribution in [0.3, 0.4) is 0 Å². The highest BCUT2D eigenvalue weighted by Gasteiger charge is 2.15. The second-order valence-corrected chi connectivity index (χ2v) is 3.77. The number of hydrogen-bond acceptors (Lipinski definition) is 2. The molecule has 2 heteroatoms.